The number of nitrogens with zero attached hydrogens (tertiary/aromatic N) is 3. The topological polar surface area (TPSA) is 63.5 Å². The summed E-state index contributed by atoms with van der Waals surface area (Å²) in [7, 11) is 0. The predicted molar refractivity (Wildman–Crippen MR) is 134 cm³/mol. The molecule has 1 aromatic heterocycles. The number of nitrogens with one attached hydrogen (secondary N) is 2. The van der Waals surface area contributed by atoms with Crippen LogP contribution in [0.1, 0.15) is 31.8 Å². The van der Waals surface area contributed by atoms with Crippen LogP contribution >= 0.6 is 24.0 Å². The molecule has 0 aliphatic carbocycles. The van der Waals surface area contributed by atoms with Gasteiger partial charge in [0.1, 0.15) is 23.9 Å². The summed E-state index contributed by atoms with van der Waals surface area (Å²) in [6.45, 7) is 1.53. The molecule has 0 saturated heterocycles. The van der Waals surface area contributed by atoms with Crippen LogP contribution in [0.5, 0.6) is 5.75 Å². The molecular weight excluding hydrogens is 546 g/mol. The van der Waals surface area contributed by atoms with E-state index in [9.17, 15) is 13.2 Å². The van der Waals surface area contributed by atoms with E-state index in [1.54, 1.807) is 18.2 Å². The number of ether oxygens (including phenoxy) is 1. The Labute approximate surface area is 208 Å². The van der Waals surface area contributed by atoms with Crippen LogP contribution in [-0.4, -0.2) is 28.2 Å². The quantitative estimate of drug-likeness (QED) is 0.198. The molecule has 0 radical (unpaired) electrons. The normalized spacial score (nSPS) is 11.4. The van der Waals surface area contributed by atoms with Gasteiger partial charge >= 0.3 is 6.55 Å². The van der Waals surface area contributed by atoms with Crippen LogP contribution in [0.25, 0.3) is 0 Å². The highest BCUT2D eigenvalue weighted by molar-refractivity contribution is 14.0. The molecule has 10 heteroatoms. The fraction of sp³-hybridized carbons (Fsp3) is 0.304. The zero-order chi connectivity index (χ0) is 22.9. The molecule has 0 saturated carbocycles. The first kappa shape index (κ1) is 26.5. The van der Waals surface area contributed by atoms with E-state index in [0.717, 1.165) is 16.0 Å². The van der Waals surface area contributed by atoms with E-state index in [0.29, 0.717) is 24.5 Å². The van der Waals surface area contributed by atoms with Gasteiger partial charge in [-0.1, -0.05) is 18.2 Å². The second-order valence-electron chi connectivity index (χ2n) is 7.28. The summed E-state index contributed by atoms with van der Waals surface area (Å²) in [4.78, 5) is 8.33. The maximum atomic E-state index is 13.9. The Balaban J connectivity index is 0.00000385. The van der Waals surface area contributed by atoms with Gasteiger partial charge in [0, 0.05) is 24.6 Å². The van der Waals surface area contributed by atoms with Crippen molar-refractivity contribution in [3.63, 3.8) is 0 Å². The lowest BCUT2D eigenvalue weighted by atomic mass is 10.1. The van der Waals surface area contributed by atoms with Crippen LogP contribution in [-0.2, 0) is 13.0 Å². The van der Waals surface area contributed by atoms with Gasteiger partial charge in [-0.2, -0.15) is 8.78 Å². The number of guanidine groups is 1. The van der Waals surface area contributed by atoms with Crippen LogP contribution in [0.4, 0.5) is 18.9 Å². The Morgan fingerprint density at radius 3 is 2.52 bits per heavy atom. The minimum atomic E-state index is -2.69. The number of benzene rings is 2. The molecule has 0 spiro atoms. The Hall–Kier alpha value is -2.76. The Morgan fingerprint density at radius 2 is 1.85 bits per heavy atom. The van der Waals surface area contributed by atoms with Crippen molar-refractivity contribution in [2.45, 2.75) is 39.5 Å². The number of hydrogen-bond acceptors (Lipinski definition) is 3. The summed E-state index contributed by atoms with van der Waals surface area (Å²) < 4.78 is 46.4. The fourth-order valence-electron chi connectivity index (χ4n) is 2.98. The first-order valence-corrected chi connectivity index (χ1v) is 10.3. The maximum absolute atomic E-state index is 13.9. The molecule has 6 nitrogen and oxygen atoms in total. The van der Waals surface area contributed by atoms with E-state index in [-0.39, 0.29) is 48.3 Å². The largest absolute Gasteiger partial charge is 0.491 e. The number of hydrogen-bond donors (Lipinski definition) is 2. The molecule has 3 rings (SSSR count). The molecule has 3 aromatic rings. The van der Waals surface area contributed by atoms with Gasteiger partial charge in [0.2, 0.25) is 0 Å². The Bertz CT molecular complexity index is 1020. The number of aliphatic imine (C=N–C) groups is 1. The van der Waals surface area contributed by atoms with Gasteiger partial charge in [0.05, 0.1) is 6.10 Å². The van der Waals surface area contributed by atoms with Crippen molar-refractivity contribution < 1.29 is 17.9 Å². The summed E-state index contributed by atoms with van der Waals surface area (Å²) >= 11 is 0. The van der Waals surface area contributed by atoms with Crippen molar-refractivity contribution in [2.75, 3.05) is 11.9 Å². The van der Waals surface area contributed by atoms with E-state index < -0.39 is 6.55 Å². The van der Waals surface area contributed by atoms with E-state index >= 15 is 0 Å². The summed E-state index contributed by atoms with van der Waals surface area (Å²) in [5.74, 6) is 0.953. The molecule has 0 amide bonds. The second-order valence-corrected chi connectivity index (χ2v) is 7.28. The third kappa shape index (κ3) is 8.26. The number of anilines is 1. The SMILES string of the molecule is CC(C)Oc1ccc(NC(=NCc2nccn2C(F)F)NCCc2ccccc2F)cc1.I. The highest BCUT2D eigenvalue weighted by Gasteiger charge is 2.11. The van der Waals surface area contributed by atoms with E-state index in [2.05, 4.69) is 20.6 Å². The van der Waals surface area contributed by atoms with Gasteiger partial charge < -0.3 is 15.4 Å². The van der Waals surface area contributed by atoms with Crippen molar-refractivity contribution in [1.29, 1.82) is 0 Å². The van der Waals surface area contributed by atoms with Crippen molar-refractivity contribution in [2.24, 2.45) is 4.99 Å². The van der Waals surface area contributed by atoms with Gasteiger partial charge in [0.15, 0.2) is 5.96 Å². The molecular formula is C23H27F3IN5O. The summed E-state index contributed by atoms with van der Waals surface area (Å²) in [5, 5.41) is 6.25. The highest BCUT2D eigenvalue weighted by atomic mass is 127. The average molecular weight is 573 g/mol. The summed E-state index contributed by atoms with van der Waals surface area (Å²) in [6.07, 6.45) is 3.01. The lowest BCUT2D eigenvalue weighted by Gasteiger charge is -2.14. The summed E-state index contributed by atoms with van der Waals surface area (Å²) in [5.41, 5.74) is 1.30. The van der Waals surface area contributed by atoms with Gasteiger partial charge in [-0.25, -0.2) is 14.4 Å². The molecule has 0 unspecified atom stereocenters. The third-order valence-electron chi connectivity index (χ3n) is 4.47. The van der Waals surface area contributed by atoms with Crippen molar-refractivity contribution in [3.05, 3.63) is 78.1 Å². The molecule has 0 atom stereocenters. The maximum Gasteiger partial charge on any atom is 0.319 e. The number of rotatable bonds is 9. The van der Waals surface area contributed by atoms with Gasteiger partial charge in [0.25, 0.3) is 0 Å². The van der Waals surface area contributed by atoms with Crippen molar-refractivity contribution >= 4 is 35.6 Å². The lowest BCUT2D eigenvalue weighted by Crippen LogP contribution is -2.32. The zero-order valence-electron chi connectivity index (χ0n) is 18.3. The van der Waals surface area contributed by atoms with Crippen molar-refractivity contribution in [3.8, 4) is 5.75 Å². The predicted octanol–water partition coefficient (Wildman–Crippen LogP) is 5.62. The smallest absolute Gasteiger partial charge is 0.319 e. The molecule has 178 valence electrons. The molecule has 1 heterocycles. The number of halogens is 4. The van der Waals surface area contributed by atoms with Gasteiger partial charge in [-0.3, -0.25) is 4.57 Å². The van der Waals surface area contributed by atoms with Crippen LogP contribution in [0, 0.1) is 5.82 Å². The zero-order valence-corrected chi connectivity index (χ0v) is 20.7. The Kier molecular flexibility index (Phi) is 10.5. The molecule has 0 fully saturated rings. The number of alkyl halides is 2. The van der Waals surface area contributed by atoms with Crippen LogP contribution in [0.2, 0.25) is 0 Å². The Morgan fingerprint density at radius 1 is 1.12 bits per heavy atom. The van der Waals surface area contributed by atoms with E-state index in [4.69, 9.17) is 4.74 Å². The monoisotopic (exact) mass is 573 g/mol. The summed E-state index contributed by atoms with van der Waals surface area (Å²) in [6, 6.07) is 13.8. The van der Waals surface area contributed by atoms with Crippen LogP contribution < -0.4 is 15.4 Å². The van der Waals surface area contributed by atoms with E-state index in [1.807, 2.05) is 38.1 Å². The molecule has 0 aliphatic heterocycles. The minimum Gasteiger partial charge on any atom is -0.491 e. The average Bonchev–Trinajstić information content (AvgIpc) is 3.23. The standard InChI is InChI=1S/C23H26F3N5O.HI/c1-16(2)32-19-9-7-18(8-10-19)30-23(28-12-11-17-5-3-4-6-20(17)24)29-15-21-27-13-14-31(21)22(25)26;/h3-10,13-14,16,22H,11-12,15H2,1-2H3,(H2,28,29,30);1H. The first-order valence-electron chi connectivity index (χ1n) is 10.3. The molecule has 2 N–H and O–H groups in total. The van der Waals surface area contributed by atoms with Crippen molar-refractivity contribution in [1.82, 2.24) is 14.9 Å². The lowest BCUT2D eigenvalue weighted by molar-refractivity contribution is 0.0671. The first-order chi connectivity index (χ1) is 15.4. The number of aromatic nitrogens is 2. The highest BCUT2D eigenvalue weighted by Crippen LogP contribution is 2.17. The molecule has 0 bridgehead atoms. The molecule has 2 aromatic carbocycles. The second kappa shape index (κ2) is 13.1. The fourth-order valence-corrected chi connectivity index (χ4v) is 2.98. The molecule has 33 heavy (non-hydrogen) atoms. The van der Waals surface area contributed by atoms with Crippen LogP contribution in [0.15, 0.2) is 65.9 Å². The van der Waals surface area contributed by atoms with Gasteiger partial charge in [-0.15, -0.1) is 24.0 Å². The number of imidazole rings is 1. The van der Waals surface area contributed by atoms with E-state index in [1.165, 1.54) is 18.5 Å². The van der Waals surface area contributed by atoms with Gasteiger partial charge in [-0.05, 0) is 56.2 Å². The third-order valence-corrected chi connectivity index (χ3v) is 4.47. The minimum absolute atomic E-state index is 0. The molecule has 0 aliphatic rings. The van der Waals surface area contributed by atoms with Crippen LogP contribution in [0.3, 0.4) is 0 Å².